The maximum atomic E-state index is 11.5. The summed E-state index contributed by atoms with van der Waals surface area (Å²) < 4.78 is 0. The van der Waals surface area contributed by atoms with E-state index < -0.39 is 24.0 Å². The number of aliphatic carboxylic acids is 1. The molecular weight excluding hydrogens is 238 g/mol. The van der Waals surface area contributed by atoms with Crippen LogP contribution in [0.25, 0.3) is 0 Å². The molecule has 0 aliphatic heterocycles. The number of rotatable bonds is 5. The second-order valence-corrected chi connectivity index (χ2v) is 4.16. The van der Waals surface area contributed by atoms with Gasteiger partial charge < -0.3 is 20.6 Å². The number of hydrogen-bond donors (Lipinski definition) is 4. The summed E-state index contributed by atoms with van der Waals surface area (Å²) in [6, 6.07) is 6.35. The first-order valence-corrected chi connectivity index (χ1v) is 5.32. The van der Waals surface area contributed by atoms with E-state index in [9.17, 15) is 19.8 Å². The molecule has 98 valence electrons. The molecule has 1 aromatic carbocycles. The number of para-hydroxylation sites is 1. The summed E-state index contributed by atoms with van der Waals surface area (Å²) >= 11 is 0. The van der Waals surface area contributed by atoms with Gasteiger partial charge in [-0.05, 0) is 13.0 Å². The smallest absolute Gasteiger partial charge is 0.337 e. The highest BCUT2D eigenvalue weighted by molar-refractivity contribution is 5.81. The van der Waals surface area contributed by atoms with Crippen molar-refractivity contribution in [3.8, 4) is 5.75 Å². The summed E-state index contributed by atoms with van der Waals surface area (Å²) in [5.41, 5.74) is -1.57. The van der Waals surface area contributed by atoms with Gasteiger partial charge in [-0.3, -0.25) is 4.79 Å². The van der Waals surface area contributed by atoms with Crippen molar-refractivity contribution in [2.75, 3.05) is 6.54 Å². The Morgan fingerprint density at radius 1 is 1.33 bits per heavy atom. The van der Waals surface area contributed by atoms with E-state index in [-0.39, 0.29) is 12.2 Å². The highest BCUT2D eigenvalue weighted by atomic mass is 16.4. The minimum atomic E-state index is -2.01. The number of nitrogens with one attached hydrogen (secondary N) is 1. The number of phenolic OH excluding ortho intramolecular Hbond substituents is 1. The zero-order valence-corrected chi connectivity index (χ0v) is 9.88. The number of carboxylic acid groups (broad SMARTS) is 1. The summed E-state index contributed by atoms with van der Waals surface area (Å²) in [5.74, 6) is -1.89. The maximum Gasteiger partial charge on any atom is 0.337 e. The highest BCUT2D eigenvalue weighted by Crippen LogP contribution is 2.15. The number of amides is 1. The Hall–Kier alpha value is -2.08. The molecule has 0 saturated heterocycles. The Bertz CT molecular complexity index is 456. The van der Waals surface area contributed by atoms with Crippen molar-refractivity contribution >= 4 is 11.9 Å². The van der Waals surface area contributed by atoms with Crippen molar-refractivity contribution in [2.45, 2.75) is 18.9 Å². The zero-order chi connectivity index (χ0) is 13.8. The largest absolute Gasteiger partial charge is 0.508 e. The number of carbonyl (C=O) groups excluding carboxylic acids is 1. The molecule has 6 nitrogen and oxygen atoms in total. The molecule has 0 saturated carbocycles. The molecule has 0 bridgehead atoms. The minimum absolute atomic E-state index is 0.00218. The molecule has 1 unspecified atom stereocenters. The molecule has 0 heterocycles. The van der Waals surface area contributed by atoms with E-state index in [2.05, 4.69) is 5.32 Å². The molecule has 0 spiro atoms. The average molecular weight is 253 g/mol. The molecule has 6 heteroatoms. The third-order valence-corrected chi connectivity index (χ3v) is 2.43. The lowest BCUT2D eigenvalue weighted by Gasteiger charge is -2.18. The Kier molecular flexibility index (Phi) is 4.28. The lowest BCUT2D eigenvalue weighted by atomic mass is 10.1. The third-order valence-electron chi connectivity index (χ3n) is 2.43. The second kappa shape index (κ2) is 5.50. The van der Waals surface area contributed by atoms with Crippen LogP contribution >= 0.6 is 0 Å². The van der Waals surface area contributed by atoms with Crippen LogP contribution in [0, 0.1) is 0 Å². The van der Waals surface area contributed by atoms with Crippen molar-refractivity contribution in [3.05, 3.63) is 29.8 Å². The molecule has 1 amide bonds. The van der Waals surface area contributed by atoms with E-state index >= 15 is 0 Å². The lowest BCUT2D eigenvalue weighted by molar-refractivity contribution is -0.156. The van der Waals surface area contributed by atoms with Crippen LogP contribution in [0.2, 0.25) is 0 Å². The number of carbonyl (C=O) groups is 2. The van der Waals surface area contributed by atoms with Crippen LogP contribution in [0.1, 0.15) is 12.5 Å². The fraction of sp³-hybridized carbons (Fsp3) is 0.333. The standard InChI is InChI=1S/C12H15NO5/c1-12(18,11(16)17)7-13-10(15)6-8-4-2-3-5-9(8)14/h2-5,14,18H,6-7H2,1H3,(H,13,15)(H,16,17). The number of aliphatic hydroxyl groups is 1. The van der Waals surface area contributed by atoms with Crippen molar-refractivity contribution in [1.82, 2.24) is 5.32 Å². The number of hydrogen-bond acceptors (Lipinski definition) is 4. The SMILES string of the molecule is CC(O)(CNC(=O)Cc1ccccc1O)C(=O)O. The van der Waals surface area contributed by atoms with Gasteiger partial charge in [-0.1, -0.05) is 18.2 Å². The van der Waals surface area contributed by atoms with Crippen molar-refractivity contribution in [3.63, 3.8) is 0 Å². The van der Waals surface area contributed by atoms with E-state index in [1.54, 1.807) is 18.2 Å². The van der Waals surface area contributed by atoms with E-state index in [1.807, 2.05) is 0 Å². The molecule has 1 rings (SSSR count). The maximum absolute atomic E-state index is 11.5. The fourth-order valence-corrected chi connectivity index (χ4v) is 1.24. The third kappa shape index (κ3) is 3.74. The van der Waals surface area contributed by atoms with Crippen LogP contribution in [-0.2, 0) is 16.0 Å². The number of aromatic hydroxyl groups is 1. The van der Waals surface area contributed by atoms with Crippen molar-refractivity contribution in [1.29, 1.82) is 0 Å². The van der Waals surface area contributed by atoms with Gasteiger partial charge in [0.2, 0.25) is 5.91 Å². The van der Waals surface area contributed by atoms with E-state index in [1.165, 1.54) is 6.07 Å². The van der Waals surface area contributed by atoms with E-state index in [0.29, 0.717) is 5.56 Å². The Morgan fingerprint density at radius 2 is 1.94 bits per heavy atom. The Labute approximate surface area is 104 Å². The molecule has 0 fully saturated rings. The molecule has 4 N–H and O–H groups in total. The zero-order valence-electron chi connectivity index (χ0n) is 9.88. The summed E-state index contributed by atoms with van der Waals surface area (Å²) in [6.07, 6.45) is -0.0810. The monoisotopic (exact) mass is 253 g/mol. The predicted octanol–water partition coefficient (Wildman–Crippen LogP) is -0.114. The van der Waals surface area contributed by atoms with Gasteiger partial charge in [0.1, 0.15) is 5.75 Å². The molecular formula is C12H15NO5. The predicted molar refractivity (Wildman–Crippen MR) is 63.1 cm³/mol. The molecule has 0 aromatic heterocycles. The van der Waals surface area contributed by atoms with Gasteiger partial charge in [0, 0.05) is 5.56 Å². The highest BCUT2D eigenvalue weighted by Gasteiger charge is 2.30. The number of phenols is 1. The second-order valence-electron chi connectivity index (χ2n) is 4.16. The summed E-state index contributed by atoms with van der Waals surface area (Å²) in [7, 11) is 0. The van der Waals surface area contributed by atoms with Crippen molar-refractivity contribution < 1.29 is 24.9 Å². The summed E-state index contributed by atoms with van der Waals surface area (Å²) in [5, 5.41) is 29.8. The normalized spacial score (nSPS) is 13.7. The number of benzene rings is 1. The van der Waals surface area contributed by atoms with Crippen LogP contribution < -0.4 is 5.32 Å². The molecule has 1 atom stereocenters. The van der Waals surface area contributed by atoms with Crippen molar-refractivity contribution in [2.24, 2.45) is 0 Å². The van der Waals surface area contributed by atoms with E-state index in [0.717, 1.165) is 6.92 Å². The molecule has 1 aromatic rings. The quantitative estimate of drug-likeness (QED) is 0.585. The van der Waals surface area contributed by atoms with Crippen LogP contribution in [0.4, 0.5) is 0 Å². The molecule has 0 aliphatic carbocycles. The first kappa shape index (κ1) is 14.0. The molecule has 0 radical (unpaired) electrons. The number of carboxylic acids is 1. The van der Waals surface area contributed by atoms with Crippen LogP contribution in [0.5, 0.6) is 5.75 Å². The Morgan fingerprint density at radius 3 is 2.50 bits per heavy atom. The van der Waals surface area contributed by atoms with Gasteiger partial charge >= 0.3 is 5.97 Å². The van der Waals surface area contributed by atoms with Gasteiger partial charge in [0.05, 0.1) is 13.0 Å². The van der Waals surface area contributed by atoms with Crippen LogP contribution in [0.15, 0.2) is 24.3 Å². The molecule has 18 heavy (non-hydrogen) atoms. The summed E-state index contributed by atoms with van der Waals surface area (Å²) in [4.78, 5) is 22.1. The fourth-order valence-electron chi connectivity index (χ4n) is 1.24. The van der Waals surface area contributed by atoms with Crippen LogP contribution in [-0.4, -0.2) is 39.3 Å². The first-order chi connectivity index (χ1) is 8.33. The van der Waals surface area contributed by atoms with Gasteiger partial charge in [-0.25, -0.2) is 4.79 Å². The van der Waals surface area contributed by atoms with Gasteiger partial charge in [0.25, 0.3) is 0 Å². The minimum Gasteiger partial charge on any atom is -0.508 e. The first-order valence-electron chi connectivity index (χ1n) is 5.32. The van der Waals surface area contributed by atoms with Gasteiger partial charge in [-0.15, -0.1) is 0 Å². The molecule has 0 aliphatic rings. The summed E-state index contributed by atoms with van der Waals surface area (Å²) in [6.45, 7) is 0.699. The van der Waals surface area contributed by atoms with Crippen LogP contribution in [0.3, 0.4) is 0 Å². The lowest BCUT2D eigenvalue weighted by Crippen LogP contribution is -2.46. The van der Waals surface area contributed by atoms with E-state index in [4.69, 9.17) is 5.11 Å². The Balaban J connectivity index is 2.54. The van der Waals surface area contributed by atoms with Gasteiger partial charge in [0.15, 0.2) is 5.60 Å². The van der Waals surface area contributed by atoms with Gasteiger partial charge in [-0.2, -0.15) is 0 Å². The average Bonchev–Trinajstić information content (AvgIpc) is 2.29. The topological polar surface area (TPSA) is 107 Å².